The number of amides is 1. The maximum absolute atomic E-state index is 12.1. The Kier molecular flexibility index (Phi) is 6.31. The first kappa shape index (κ1) is 16.3. The summed E-state index contributed by atoms with van der Waals surface area (Å²) in [7, 11) is 6.86. The highest BCUT2D eigenvalue weighted by atomic mass is 16.5. The molecule has 1 aromatic rings. The third-order valence-corrected chi connectivity index (χ3v) is 3.18. The van der Waals surface area contributed by atoms with Crippen molar-refractivity contribution in [1.82, 2.24) is 10.2 Å². The highest BCUT2D eigenvalue weighted by molar-refractivity contribution is 5.78. The molecule has 5 nitrogen and oxygen atoms in total. The lowest BCUT2D eigenvalue weighted by Gasteiger charge is -2.22. The average Bonchev–Trinajstić information content (AvgIpc) is 2.46. The molecule has 0 aliphatic carbocycles. The Morgan fingerprint density at radius 3 is 2.50 bits per heavy atom. The van der Waals surface area contributed by atoms with Crippen LogP contribution in [0.5, 0.6) is 11.5 Å². The molecule has 0 spiro atoms. The molecule has 0 aromatic heterocycles. The van der Waals surface area contributed by atoms with Crippen LogP contribution in [0.25, 0.3) is 0 Å². The van der Waals surface area contributed by atoms with Crippen LogP contribution < -0.4 is 14.8 Å². The fourth-order valence-electron chi connectivity index (χ4n) is 2.10. The van der Waals surface area contributed by atoms with E-state index in [2.05, 4.69) is 5.32 Å². The third kappa shape index (κ3) is 4.13. The van der Waals surface area contributed by atoms with E-state index in [-0.39, 0.29) is 11.8 Å². The summed E-state index contributed by atoms with van der Waals surface area (Å²) in [6.45, 7) is 3.15. The van der Waals surface area contributed by atoms with Gasteiger partial charge in [-0.1, -0.05) is 13.0 Å². The number of carbonyl (C=O) groups excluding carboxylic acids is 1. The number of nitrogens with zero attached hydrogens (tertiary/aromatic N) is 1. The first-order chi connectivity index (χ1) is 9.53. The van der Waals surface area contributed by atoms with E-state index in [9.17, 15) is 4.79 Å². The molecule has 1 unspecified atom stereocenters. The van der Waals surface area contributed by atoms with Crippen molar-refractivity contribution in [3.8, 4) is 11.5 Å². The van der Waals surface area contributed by atoms with Crippen molar-refractivity contribution in [2.24, 2.45) is 5.92 Å². The van der Waals surface area contributed by atoms with Gasteiger partial charge in [-0.05, 0) is 24.7 Å². The highest BCUT2D eigenvalue weighted by Gasteiger charge is 2.17. The van der Waals surface area contributed by atoms with Crippen LogP contribution in [0.1, 0.15) is 12.5 Å². The van der Waals surface area contributed by atoms with Crippen LogP contribution in [0, 0.1) is 5.92 Å². The summed E-state index contributed by atoms with van der Waals surface area (Å²) in [6.07, 6.45) is 0. The molecule has 1 atom stereocenters. The molecule has 112 valence electrons. The molecule has 5 heteroatoms. The maximum Gasteiger partial charge on any atom is 0.226 e. The molecule has 1 amide bonds. The maximum atomic E-state index is 12.1. The summed E-state index contributed by atoms with van der Waals surface area (Å²) in [5.74, 6) is 1.45. The molecule has 0 heterocycles. The first-order valence-electron chi connectivity index (χ1n) is 6.64. The van der Waals surface area contributed by atoms with Crippen molar-refractivity contribution < 1.29 is 14.3 Å². The number of nitrogens with one attached hydrogen (secondary N) is 1. The van der Waals surface area contributed by atoms with Gasteiger partial charge in [-0.2, -0.15) is 0 Å². The summed E-state index contributed by atoms with van der Waals surface area (Å²) in [6, 6.07) is 5.68. The molecule has 1 aromatic carbocycles. The molecule has 0 aliphatic rings. The topological polar surface area (TPSA) is 50.8 Å². The van der Waals surface area contributed by atoms with E-state index in [0.717, 1.165) is 5.56 Å². The number of carbonyl (C=O) groups is 1. The van der Waals surface area contributed by atoms with Gasteiger partial charge in [-0.3, -0.25) is 4.79 Å². The minimum Gasteiger partial charge on any atom is -0.493 e. The molecule has 0 radical (unpaired) electrons. The average molecular weight is 280 g/mol. The predicted molar refractivity (Wildman–Crippen MR) is 79.1 cm³/mol. The Balaban J connectivity index is 2.75. The van der Waals surface area contributed by atoms with Gasteiger partial charge in [0.15, 0.2) is 11.5 Å². The van der Waals surface area contributed by atoms with Gasteiger partial charge >= 0.3 is 0 Å². The fourth-order valence-corrected chi connectivity index (χ4v) is 2.10. The van der Waals surface area contributed by atoms with E-state index >= 15 is 0 Å². The lowest BCUT2D eigenvalue weighted by atomic mass is 10.1. The zero-order valence-corrected chi connectivity index (χ0v) is 12.9. The first-order valence-corrected chi connectivity index (χ1v) is 6.64. The zero-order valence-electron chi connectivity index (χ0n) is 12.9. The van der Waals surface area contributed by atoms with E-state index in [0.29, 0.717) is 24.6 Å². The summed E-state index contributed by atoms with van der Waals surface area (Å²) >= 11 is 0. The SMILES string of the molecule is CNCC(C)C(=O)N(C)Cc1ccc(OC)c(OC)c1. The van der Waals surface area contributed by atoms with Crippen LogP contribution in [-0.2, 0) is 11.3 Å². The zero-order chi connectivity index (χ0) is 15.1. The Labute approximate surface area is 120 Å². The lowest BCUT2D eigenvalue weighted by Crippen LogP contribution is -2.35. The van der Waals surface area contributed by atoms with Crippen LogP contribution >= 0.6 is 0 Å². The molecule has 1 rings (SSSR count). The summed E-state index contributed by atoms with van der Waals surface area (Å²) in [5.41, 5.74) is 1.01. The molecule has 0 bridgehead atoms. The molecule has 0 saturated heterocycles. The lowest BCUT2D eigenvalue weighted by molar-refractivity contribution is -0.134. The molecular formula is C15H24N2O3. The number of hydrogen-bond acceptors (Lipinski definition) is 4. The molecule has 0 fully saturated rings. The van der Waals surface area contributed by atoms with Gasteiger partial charge in [-0.15, -0.1) is 0 Å². The van der Waals surface area contributed by atoms with Crippen molar-refractivity contribution in [2.75, 3.05) is 34.9 Å². The fraction of sp³-hybridized carbons (Fsp3) is 0.533. The van der Waals surface area contributed by atoms with Crippen molar-refractivity contribution in [3.05, 3.63) is 23.8 Å². The van der Waals surface area contributed by atoms with Gasteiger partial charge in [0.1, 0.15) is 0 Å². The van der Waals surface area contributed by atoms with E-state index < -0.39 is 0 Å². The number of ether oxygens (including phenoxy) is 2. The van der Waals surface area contributed by atoms with E-state index in [1.54, 1.807) is 19.1 Å². The Bertz CT molecular complexity index is 449. The van der Waals surface area contributed by atoms with E-state index in [1.807, 2.05) is 39.2 Å². The van der Waals surface area contributed by atoms with Gasteiger partial charge in [0.05, 0.1) is 14.2 Å². The molecular weight excluding hydrogens is 256 g/mol. The Hall–Kier alpha value is -1.75. The van der Waals surface area contributed by atoms with Crippen LogP contribution in [0.2, 0.25) is 0 Å². The van der Waals surface area contributed by atoms with Crippen molar-refractivity contribution >= 4 is 5.91 Å². The predicted octanol–water partition coefficient (Wildman–Crippen LogP) is 1.52. The monoisotopic (exact) mass is 280 g/mol. The second-order valence-electron chi connectivity index (χ2n) is 4.84. The Morgan fingerprint density at radius 2 is 1.95 bits per heavy atom. The largest absolute Gasteiger partial charge is 0.493 e. The van der Waals surface area contributed by atoms with E-state index in [4.69, 9.17) is 9.47 Å². The van der Waals surface area contributed by atoms with Crippen molar-refractivity contribution in [2.45, 2.75) is 13.5 Å². The van der Waals surface area contributed by atoms with Gasteiger partial charge in [0, 0.05) is 26.1 Å². The molecule has 0 aliphatic heterocycles. The highest BCUT2D eigenvalue weighted by Crippen LogP contribution is 2.28. The normalized spacial score (nSPS) is 11.8. The third-order valence-electron chi connectivity index (χ3n) is 3.18. The summed E-state index contributed by atoms with van der Waals surface area (Å²) < 4.78 is 10.5. The molecule has 20 heavy (non-hydrogen) atoms. The minimum atomic E-state index is -0.0369. The summed E-state index contributed by atoms with van der Waals surface area (Å²) in [4.78, 5) is 13.9. The molecule has 0 saturated carbocycles. The van der Waals surface area contributed by atoms with E-state index in [1.165, 1.54) is 0 Å². The number of rotatable bonds is 7. The number of benzene rings is 1. The molecule has 1 N–H and O–H groups in total. The summed E-state index contributed by atoms with van der Waals surface area (Å²) in [5, 5.41) is 3.02. The quantitative estimate of drug-likeness (QED) is 0.822. The van der Waals surface area contributed by atoms with Crippen molar-refractivity contribution in [1.29, 1.82) is 0 Å². The second-order valence-corrected chi connectivity index (χ2v) is 4.84. The number of hydrogen-bond donors (Lipinski definition) is 1. The number of methoxy groups -OCH3 is 2. The van der Waals surface area contributed by atoms with Crippen LogP contribution in [0.3, 0.4) is 0 Å². The van der Waals surface area contributed by atoms with Crippen LogP contribution in [0.15, 0.2) is 18.2 Å². The van der Waals surface area contributed by atoms with Gasteiger partial charge in [-0.25, -0.2) is 0 Å². The van der Waals surface area contributed by atoms with Gasteiger partial charge < -0.3 is 19.7 Å². The smallest absolute Gasteiger partial charge is 0.226 e. The standard InChI is InChI=1S/C15H24N2O3/c1-11(9-16-2)15(18)17(3)10-12-6-7-13(19-4)14(8-12)20-5/h6-8,11,16H,9-10H2,1-5H3. The van der Waals surface area contributed by atoms with Crippen LogP contribution in [0.4, 0.5) is 0 Å². The van der Waals surface area contributed by atoms with Crippen molar-refractivity contribution in [3.63, 3.8) is 0 Å². The second kappa shape index (κ2) is 7.75. The minimum absolute atomic E-state index is 0.0369. The van der Waals surface area contributed by atoms with Gasteiger partial charge in [0.25, 0.3) is 0 Å². The van der Waals surface area contributed by atoms with Gasteiger partial charge in [0.2, 0.25) is 5.91 Å². The van der Waals surface area contributed by atoms with Crippen LogP contribution in [-0.4, -0.2) is 45.7 Å². The Morgan fingerprint density at radius 1 is 1.30 bits per heavy atom.